The van der Waals surface area contributed by atoms with Crippen molar-refractivity contribution >= 4 is 33.9 Å². The van der Waals surface area contributed by atoms with Crippen molar-refractivity contribution in [3.63, 3.8) is 0 Å². The van der Waals surface area contributed by atoms with Crippen molar-refractivity contribution in [1.82, 2.24) is 19.5 Å². The van der Waals surface area contributed by atoms with Gasteiger partial charge in [-0.1, -0.05) is 41.1 Å². The number of methoxy groups -OCH3 is 1. The third-order valence-corrected chi connectivity index (χ3v) is 6.60. The molecule has 1 saturated heterocycles. The summed E-state index contributed by atoms with van der Waals surface area (Å²) in [5, 5.41) is 15.8. The number of rotatable bonds is 4. The Balaban J connectivity index is 1.73. The summed E-state index contributed by atoms with van der Waals surface area (Å²) in [6.07, 6.45) is 1.41. The van der Waals surface area contributed by atoms with Gasteiger partial charge in [-0.15, -0.1) is 5.10 Å². The molecule has 1 atom stereocenters. The first-order valence-corrected chi connectivity index (χ1v) is 10.3. The predicted octanol–water partition coefficient (Wildman–Crippen LogP) is 3.43. The van der Waals surface area contributed by atoms with Crippen molar-refractivity contribution in [2.24, 2.45) is 5.92 Å². The lowest BCUT2D eigenvalue weighted by Gasteiger charge is -2.36. The number of aryl methyl sites for hydroxylation is 1. The van der Waals surface area contributed by atoms with E-state index in [2.05, 4.69) is 15.0 Å². The Morgan fingerprint density at radius 1 is 1.36 bits per heavy atom. The molecule has 0 aliphatic carbocycles. The molecule has 3 heterocycles. The minimum Gasteiger partial charge on any atom is -0.492 e. The van der Waals surface area contributed by atoms with Crippen LogP contribution in [0.25, 0.3) is 4.96 Å². The van der Waals surface area contributed by atoms with Gasteiger partial charge in [0.05, 0.1) is 23.9 Å². The van der Waals surface area contributed by atoms with Crippen LogP contribution < -0.4 is 0 Å². The fourth-order valence-corrected chi connectivity index (χ4v) is 5.18. The third kappa shape index (κ3) is 3.36. The summed E-state index contributed by atoms with van der Waals surface area (Å²) < 4.78 is 6.37. The molecule has 148 valence electrons. The zero-order valence-corrected chi connectivity index (χ0v) is 17.2. The van der Waals surface area contributed by atoms with E-state index in [1.807, 2.05) is 24.3 Å². The van der Waals surface area contributed by atoms with Gasteiger partial charge >= 0.3 is 5.97 Å². The minimum atomic E-state index is -0.235. The number of ether oxygens (including phenoxy) is 1. The summed E-state index contributed by atoms with van der Waals surface area (Å²) >= 11 is 7.93. The van der Waals surface area contributed by atoms with Gasteiger partial charge in [0.1, 0.15) is 5.82 Å². The van der Waals surface area contributed by atoms with Crippen LogP contribution in [-0.2, 0) is 9.53 Å². The number of likely N-dealkylation sites (tertiary alicyclic amines) is 1. The fraction of sp³-hybridized carbons (Fsp3) is 0.421. The number of esters is 1. The normalized spacial score (nSPS) is 17.1. The van der Waals surface area contributed by atoms with E-state index in [1.54, 1.807) is 6.92 Å². The first-order valence-electron chi connectivity index (χ1n) is 9.11. The molecule has 1 fully saturated rings. The molecule has 0 amide bonds. The van der Waals surface area contributed by atoms with Gasteiger partial charge in [-0.3, -0.25) is 9.69 Å². The number of hydrogen-bond acceptors (Lipinski definition) is 7. The second-order valence-electron chi connectivity index (χ2n) is 6.90. The summed E-state index contributed by atoms with van der Waals surface area (Å²) in [5.74, 6) is 0.444. The van der Waals surface area contributed by atoms with Gasteiger partial charge in [0, 0.05) is 5.02 Å². The molecule has 3 aromatic rings. The number of aromatic nitrogens is 3. The molecule has 1 unspecified atom stereocenters. The summed E-state index contributed by atoms with van der Waals surface area (Å²) in [6.45, 7) is 3.19. The molecule has 2 aromatic heterocycles. The van der Waals surface area contributed by atoms with Gasteiger partial charge in [-0.2, -0.15) is 4.52 Å². The number of carbonyl (C=O) groups excluding carboxylic acids is 1. The third-order valence-electron chi connectivity index (χ3n) is 5.18. The molecule has 9 heteroatoms. The number of nitrogens with zero attached hydrogens (tertiary/aromatic N) is 4. The lowest BCUT2D eigenvalue weighted by molar-refractivity contribution is -0.147. The van der Waals surface area contributed by atoms with Gasteiger partial charge in [-0.25, -0.2) is 4.98 Å². The second-order valence-corrected chi connectivity index (χ2v) is 8.32. The van der Waals surface area contributed by atoms with Crippen LogP contribution in [0.15, 0.2) is 24.3 Å². The first kappa shape index (κ1) is 19.2. The van der Waals surface area contributed by atoms with Gasteiger partial charge in [0.15, 0.2) is 0 Å². The van der Waals surface area contributed by atoms with Crippen molar-refractivity contribution in [2.45, 2.75) is 25.8 Å². The molecular weight excluding hydrogens is 400 g/mol. The Morgan fingerprint density at radius 3 is 2.71 bits per heavy atom. The number of carbonyl (C=O) groups is 1. The van der Waals surface area contributed by atoms with E-state index >= 15 is 0 Å². The van der Waals surface area contributed by atoms with Crippen LogP contribution in [0.4, 0.5) is 0 Å². The molecule has 0 bridgehead atoms. The van der Waals surface area contributed by atoms with Crippen LogP contribution in [0, 0.1) is 12.8 Å². The molecule has 0 saturated carbocycles. The molecule has 1 N–H and O–H groups in total. The average molecular weight is 421 g/mol. The van der Waals surface area contributed by atoms with Crippen molar-refractivity contribution < 1.29 is 14.6 Å². The maximum absolute atomic E-state index is 11.9. The second kappa shape index (κ2) is 7.69. The molecule has 1 aliphatic rings. The largest absolute Gasteiger partial charge is 0.492 e. The van der Waals surface area contributed by atoms with Crippen LogP contribution in [-0.4, -0.2) is 50.8 Å². The number of piperidine rings is 1. The Morgan fingerprint density at radius 2 is 2.07 bits per heavy atom. The molecule has 0 radical (unpaired) electrons. The average Bonchev–Trinajstić information content (AvgIpc) is 3.21. The lowest BCUT2D eigenvalue weighted by Crippen LogP contribution is -2.39. The summed E-state index contributed by atoms with van der Waals surface area (Å²) in [5.41, 5.74) is 0.914. The van der Waals surface area contributed by atoms with Crippen LogP contribution in [0.1, 0.15) is 35.1 Å². The van der Waals surface area contributed by atoms with E-state index in [9.17, 15) is 9.90 Å². The van der Waals surface area contributed by atoms with Gasteiger partial charge in [0.2, 0.25) is 10.8 Å². The Labute approximate surface area is 171 Å². The number of hydrogen-bond donors (Lipinski definition) is 1. The van der Waals surface area contributed by atoms with Crippen LogP contribution in [0.2, 0.25) is 5.02 Å². The van der Waals surface area contributed by atoms with E-state index in [-0.39, 0.29) is 23.8 Å². The van der Waals surface area contributed by atoms with Crippen molar-refractivity contribution in [3.8, 4) is 5.88 Å². The van der Waals surface area contributed by atoms with E-state index in [0.717, 1.165) is 10.4 Å². The molecule has 28 heavy (non-hydrogen) atoms. The van der Waals surface area contributed by atoms with Crippen molar-refractivity contribution in [2.75, 3.05) is 20.2 Å². The quantitative estimate of drug-likeness (QED) is 0.651. The van der Waals surface area contributed by atoms with Crippen molar-refractivity contribution in [1.29, 1.82) is 0 Å². The number of fused-ring (bicyclic) bond motifs is 1. The maximum Gasteiger partial charge on any atom is 0.308 e. The lowest BCUT2D eigenvalue weighted by atomic mass is 9.93. The Kier molecular flexibility index (Phi) is 5.27. The van der Waals surface area contributed by atoms with E-state index in [0.29, 0.717) is 41.7 Å². The number of benzene rings is 1. The van der Waals surface area contributed by atoms with Gasteiger partial charge < -0.3 is 9.84 Å². The summed E-state index contributed by atoms with van der Waals surface area (Å²) in [7, 11) is 1.43. The van der Waals surface area contributed by atoms with E-state index in [1.165, 1.54) is 23.0 Å². The molecular formula is C19H21ClN4O3S. The number of aromatic hydroxyl groups is 1. The van der Waals surface area contributed by atoms with Gasteiger partial charge in [-0.05, 0) is 44.5 Å². The van der Waals surface area contributed by atoms with E-state index in [4.69, 9.17) is 16.3 Å². The molecule has 1 aromatic carbocycles. The van der Waals surface area contributed by atoms with E-state index < -0.39 is 0 Å². The SMILES string of the molecule is COC(=O)C1CCN(C(c2ccccc2Cl)c2sc3nc(C)nn3c2O)CC1. The molecule has 7 nitrogen and oxygen atoms in total. The molecule has 1 aliphatic heterocycles. The van der Waals surface area contributed by atoms with Crippen LogP contribution in [0.3, 0.4) is 0 Å². The number of thiazole rings is 1. The van der Waals surface area contributed by atoms with Gasteiger partial charge in [0.25, 0.3) is 0 Å². The van der Waals surface area contributed by atoms with Crippen LogP contribution >= 0.6 is 22.9 Å². The Hall–Kier alpha value is -2.16. The number of halogens is 1. The van der Waals surface area contributed by atoms with Crippen molar-refractivity contribution in [3.05, 3.63) is 45.6 Å². The molecule has 4 rings (SSSR count). The highest BCUT2D eigenvalue weighted by Crippen LogP contribution is 2.43. The predicted molar refractivity (Wildman–Crippen MR) is 107 cm³/mol. The standard InChI is InChI=1S/C19H21ClN4O3S/c1-11-21-19-24(22-11)17(25)16(28-19)15(13-5-3-4-6-14(13)20)23-9-7-12(8-10-23)18(26)27-2/h3-6,12,15,25H,7-10H2,1-2H3. The summed E-state index contributed by atoms with van der Waals surface area (Å²) in [6, 6.07) is 7.41. The maximum atomic E-state index is 11.9. The Bertz CT molecular complexity index is 1010. The van der Waals surface area contributed by atoms with Crippen LogP contribution in [0.5, 0.6) is 5.88 Å². The smallest absolute Gasteiger partial charge is 0.308 e. The highest BCUT2D eigenvalue weighted by molar-refractivity contribution is 7.17. The molecule has 0 spiro atoms. The summed E-state index contributed by atoms with van der Waals surface area (Å²) in [4.78, 5) is 19.9. The first-order chi connectivity index (χ1) is 13.5. The zero-order valence-electron chi connectivity index (χ0n) is 15.6. The highest BCUT2D eigenvalue weighted by Gasteiger charge is 2.34. The monoisotopic (exact) mass is 420 g/mol. The fourth-order valence-electron chi connectivity index (χ4n) is 3.79. The highest BCUT2D eigenvalue weighted by atomic mass is 35.5. The zero-order chi connectivity index (χ0) is 19.8. The topological polar surface area (TPSA) is 80.0 Å². The minimum absolute atomic E-state index is 0.0839.